The third-order valence-electron chi connectivity index (χ3n) is 7.06. The first kappa shape index (κ1) is 31.4. The lowest BCUT2D eigenvalue weighted by atomic mass is 9.85. The summed E-state index contributed by atoms with van der Waals surface area (Å²) in [7, 11) is 1.67. The molecule has 3 N–H and O–H groups in total. The molecule has 1 rings (SSSR count). The molecule has 0 spiro atoms. The van der Waals surface area contributed by atoms with Crippen molar-refractivity contribution in [1.29, 1.82) is 0 Å². The van der Waals surface area contributed by atoms with Crippen molar-refractivity contribution in [3.8, 4) is 0 Å². The van der Waals surface area contributed by atoms with Gasteiger partial charge in [0.15, 0.2) is 5.78 Å². The number of amides is 5. The quantitative estimate of drug-likeness (QED) is 0.438. The van der Waals surface area contributed by atoms with Crippen LogP contribution >= 0.6 is 0 Å². The van der Waals surface area contributed by atoms with E-state index in [4.69, 9.17) is 0 Å². The van der Waals surface area contributed by atoms with Crippen LogP contribution in [0.3, 0.4) is 0 Å². The number of likely N-dealkylation sites (tertiary alicyclic amines) is 1. The number of hydrogen-bond acceptors (Lipinski definition) is 5. The Balaban J connectivity index is 3.12. The summed E-state index contributed by atoms with van der Waals surface area (Å²) in [5.41, 5.74) is -0.667. The number of carbonyl (C=O) groups is 5. The molecule has 1 aliphatic rings. The monoisotopic (exact) mass is 509 g/mol. The minimum atomic E-state index is -0.936. The molecular weight excluding hydrogens is 462 g/mol. The van der Waals surface area contributed by atoms with Crippen molar-refractivity contribution in [1.82, 2.24) is 25.8 Å². The number of Topliss-reactive ketones (excluding diaryl/α,β-unsaturated/α-hetero) is 1. The Morgan fingerprint density at radius 1 is 0.889 bits per heavy atom. The van der Waals surface area contributed by atoms with E-state index in [-0.39, 0.29) is 41.4 Å². The van der Waals surface area contributed by atoms with Crippen LogP contribution in [0.1, 0.15) is 75.7 Å². The minimum Gasteiger partial charge on any atom is -0.345 e. The van der Waals surface area contributed by atoms with Crippen molar-refractivity contribution < 1.29 is 24.0 Å². The molecule has 1 heterocycles. The van der Waals surface area contributed by atoms with Gasteiger partial charge in [0.25, 0.3) is 0 Å². The summed E-state index contributed by atoms with van der Waals surface area (Å²) >= 11 is 0. The molecule has 1 fully saturated rings. The van der Waals surface area contributed by atoms with Crippen LogP contribution in [0.4, 0.5) is 4.79 Å². The van der Waals surface area contributed by atoms with Gasteiger partial charge in [-0.25, -0.2) is 4.79 Å². The maximum absolute atomic E-state index is 13.8. The topological polar surface area (TPSA) is 128 Å². The Morgan fingerprint density at radius 2 is 1.44 bits per heavy atom. The summed E-state index contributed by atoms with van der Waals surface area (Å²) in [6.07, 6.45) is 0.482. The van der Waals surface area contributed by atoms with Gasteiger partial charge < -0.3 is 25.8 Å². The van der Waals surface area contributed by atoms with E-state index in [2.05, 4.69) is 16.0 Å². The van der Waals surface area contributed by atoms with Crippen molar-refractivity contribution in [2.45, 2.75) is 106 Å². The Hall–Kier alpha value is -2.65. The Labute approximate surface area is 216 Å². The van der Waals surface area contributed by atoms with Gasteiger partial charge in [-0.3, -0.25) is 19.2 Å². The lowest BCUT2D eigenvalue weighted by Gasteiger charge is -2.36. The number of urea groups is 1. The molecule has 206 valence electrons. The highest BCUT2D eigenvalue weighted by molar-refractivity contribution is 5.95. The van der Waals surface area contributed by atoms with Crippen LogP contribution in [0.5, 0.6) is 0 Å². The van der Waals surface area contributed by atoms with Crippen molar-refractivity contribution in [2.75, 3.05) is 13.6 Å². The molecule has 0 aromatic heterocycles. The predicted molar refractivity (Wildman–Crippen MR) is 139 cm³/mol. The van der Waals surface area contributed by atoms with Gasteiger partial charge in [-0.15, -0.1) is 0 Å². The zero-order valence-corrected chi connectivity index (χ0v) is 23.9. The summed E-state index contributed by atoms with van der Waals surface area (Å²) in [6, 6.07) is -3.76. The van der Waals surface area contributed by atoms with Gasteiger partial charge >= 0.3 is 6.03 Å². The average molecular weight is 510 g/mol. The fourth-order valence-corrected chi connectivity index (χ4v) is 4.06. The smallest absolute Gasteiger partial charge is 0.316 e. The van der Waals surface area contributed by atoms with E-state index >= 15 is 0 Å². The van der Waals surface area contributed by atoms with E-state index in [1.54, 1.807) is 25.8 Å². The van der Waals surface area contributed by atoms with Gasteiger partial charge in [0, 0.05) is 19.6 Å². The second-order valence-electron chi connectivity index (χ2n) is 11.8. The molecule has 5 amide bonds. The highest BCUT2D eigenvalue weighted by atomic mass is 16.2. The molecule has 1 saturated heterocycles. The van der Waals surface area contributed by atoms with Crippen LogP contribution in [-0.2, 0) is 19.2 Å². The SMILES string of the molecule is CC(=O)C(C)NC(=O)C1CC(C(C)C)CN1C(=O)C(NC(=O)NC(C)C(=O)N(C)C(C)C)C(C)(C)C. The van der Waals surface area contributed by atoms with Crippen LogP contribution in [0.15, 0.2) is 0 Å². The predicted octanol–water partition coefficient (Wildman–Crippen LogP) is 1.92. The molecule has 10 heteroatoms. The van der Waals surface area contributed by atoms with E-state index in [0.29, 0.717) is 13.0 Å². The summed E-state index contributed by atoms with van der Waals surface area (Å²) in [6.45, 7) is 18.3. The Morgan fingerprint density at radius 3 is 1.89 bits per heavy atom. The summed E-state index contributed by atoms with van der Waals surface area (Å²) in [5, 5.41) is 8.10. The third-order valence-corrected chi connectivity index (χ3v) is 7.06. The number of likely N-dealkylation sites (N-methyl/N-ethyl adjacent to an activating group) is 1. The number of rotatable bonds is 9. The molecule has 0 aliphatic carbocycles. The fraction of sp³-hybridized carbons (Fsp3) is 0.808. The van der Waals surface area contributed by atoms with Crippen LogP contribution in [-0.4, -0.2) is 83.1 Å². The minimum absolute atomic E-state index is 0.0217. The Kier molecular flexibility index (Phi) is 10.9. The molecule has 0 saturated carbocycles. The van der Waals surface area contributed by atoms with Crippen molar-refractivity contribution in [3.63, 3.8) is 0 Å². The number of nitrogens with zero attached hydrogens (tertiary/aromatic N) is 2. The molecular formula is C26H47N5O5. The highest BCUT2D eigenvalue weighted by Crippen LogP contribution is 2.32. The van der Waals surface area contributed by atoms with Crippen molar-refractivity contribution in [2.24, 2.45) is 17.3 Å². The van der Waals surface area contributed by atoms with Gasteiger partial charge in [0.1, 0.15) is 18.1 Å². The maximum atomic E-state index is 13.8. The van der Waals surface area contributed by atoms with E-state index in [9.17, 15) is 24.0 Å². The van der Waals surface area contributed by atoms with Crippen molar-refractivity contribution >= 4 is 29.5 Å². The average Bonchev–Trinajstić information content (AvgIpc) is 3.21. The standard InChI is InChI=1S/C26H47N5O5/c1-14(2)19-12-20(22(33)27-16(5)18(7)32)31(13-19)24(35)21(26(8,9)10)29-25(36)28-17(6)23(34)30(11)15(3)4/h14-17,19-21H,12-13H2,1-11H3,(H,27,33)(H2,28,29,36). The molecule has 10 nitrogen and oxygen atoms in total. The molecule has 5 unspecified atom stereocenters. The van der Waals surface area contributed by atoms with E-state index < -0.39 is 35.6 Å². The first-order valence-corrected chi connectivity index (χ1v) is 12.8. The largest absolute Gasteiger partial charge is 0.345 e. The summed E-state index contributed by atoms with van der Waals surface area (Å²) in [4.78, 5) is 67.0. The van der Waals surface area contributed by atoms with Gasteiger partial charge in [-0.2, -0.15) is 0 Å². The molecule has 1 aliphatic heterocycles. The first-order chi connectivity index (χ1) is 16.4. The fourth-order valence-electron chi connectivity index (χ4n) is 4.06. The maximum Gasteiger partial charge on any atom is 0.316 e. The normalized spacial score (nSPS) is 20.5. The van der Waals surface area contributed by atoms with Gasteiger partial charge in [-0.1, -0.05) is 34.6 Å². The van der Waals surface area contributed by atoms with E-state index in [0.717, 1.165) is 0 Å². The summed E-state index contributed by atoms with van der Waals surface area (Å²) in [5.74, 6) is -0.794. The number of nitrogens with one attached hydrogen (secondary N) is 3. The number of ketones is 1. The zero-order valence-electron chi connectivity index (χ0n) is 23.9. The van der Waals surface area contributed by atoms with Crippen LogP contribution < -0.4 is 16.0 Å². The van der Waals surface area contributed by atoms with Crippen LogP contribution in [0.2, 0.25) is 0 Å². The lowest BCUT2D eigenvalue weighted by Crippen LogP contribution is -2.60. The Bertz CT molecular complexity index is 835. The summed E-state index contributed by atoms with van der Waals surface area (Å²) < 4.78 is 0. The van der Waals surface area contributed by atoms with Gasteiger partial charge in [0.2, 0.25) is 17.7 Å². The second kappa shape index (κ2) is 12.5. The highest BCUT2D eigenvalue weighted by Gasteiger charge is 2.45. The van der Waals surface area contributed by atoms with E-state index in [1.165, 1.54) is 11.8 Å². The van der Waals surface area contributed by atoms with Gasteiger partial charge in [0.05, 0.1) is 6.04 Å². The zero-order chi connectivity index (χ0) is 28.1. The third kappa shape index (κ3) is 8.20. The molecule has 0 bridgehead atoms. The molecule has 0 aromatic carbocycles. The number of hydrogen-bond donors (Lipinski definition) is 3. The molecule has 36 heavy (non-hydrogen) atoms. The molecule has 5 atom stereocenters. The lowest BCUT2D eigenvalue weighted by molar-refractivity contribution is -0.142. The van der Waals surface area contributed by atoms with Crippen LogP contribution in [0, 0.1) is 17.3 Å². The van der Waals surface area contributed by atoms with E-state index in [1.807, 2.05) is 48.5 Å². The second-order valence-corrected chi connectivity index (χ2v) is 11.8. The van der Waals surface area contributed by atoms with Gasteiger partial charge in [-0.05, 0) is 58.3 Å². The van der Waals surface area contributed by atoms with Crippen LogP contribution in [0.25, 0.3) is 0 Å². The first-order valence-electron chi connectivity index (χ1n) is 12.8. The molecule has 0 radical (unpaired) electrons. The van der Waals surface area contributed by atoms with Crippen molar-refractivity contribution in [3.05, 3.63) is 0 Å². The molecule has 0 aromatic rings. The number of carbonyl (C=O) groups excluding carboxylic acids is 5.